The second-order valence-corrected chi connectivity index (χ2v) is 6.21. The number of amides is 1. The van der Waals surface area contributed by atoms with Crippen molar-refractivity contribution in [2.75, 3.05) is 13.1 Å². The zero-order valence-corrected chi connectivity index (χ0v) is 13.2. The number of fused-ring (bicyclic) bond motifs is 1. The number of H-pyrrole nitrogens is 1. The fourth-order valence-corrected chi connectivity index (χ4v) is 3.02. The summed E-state index contributed by atoms with van der Waals surface area (Å²) in [5, 5.41) is 7.17. The van der Waals surface area contributed by atoms with Crippen LogP contribution in [0, 0.1) is 0 Å². The highest BCUT2D eigenvalue weighted by molar-refractivity contribution is 6.31. The third-order valence-corrected chi connectivity index (χ3v) is 4.29. The van der Waals surface area contributed by atoms with Gasteiger partial charge in [-0.3, -0.25) is 4.79 Å². The summed E-state index contributed by atoms with van der Waals surface area (Å²) < 4.78 is 0. The first-order valence-electron chi connectivity index (χ1n) is 7.85. The minimum atomic E-state index is 0.172. The third kappa shape index (κ3) is 3.99. The van der Waals surface area contributed by atoms with Gasteiger partial charge in [0.25, 0.3) is 0 Å². The number of aromatic nitrogens is 2. The molecule has 2 aromatic rings. The van der Waals surface area contributed by atoms with Crippen LogP contribution >= 0.6 is 11.6 Å². The number of aromatic amines is 1. The van der Waals surface area contributed by atoms with Gasteiger partial charge in [0.2, 0.25) is 5.91 Å². The molecule has 1 atom stereocenters. The predicted octanol–water partition coefficient (Wildman–Crippen LogP) is 2.41. The summed E-state index contributed by atoms with van der Waals surface area (Å²) in [5.41, 5.74) is 1.95. The molecule has 1 unspecified atom stereocenters. The monoisotopic (exact) mass is 320 g/mol. The minimum Gasteiger partial charge on any atom is -0.356 e. The summed E-state index contributed by atoms with van der Waals surface area (Å²) in [6, 6.07) is 6.14. The SMILES string of the molecule is O=C1CCC(NCCCc2nc3ccc(Cl)cc3[nH]2)CCN1. The number of carbonyl (C=O) groups is 1. The van der Waals surface area contributed by atoms with E-state index >= 15 is 0 Å². The van der Waals surface area contributed by atoms with Crippen molar-refractivity contribution < 1.29 is 4.79 Å². The van der Waals surface area contributed by atoms with Crippen LogP contribution in [0.2, 0.25) is 5.02 Å². The van der Waals surface area contributed by atoms with Crippen LogP contribution < -0.4 is 10.6 Å². The lowest BCUT2D eigenvalue weighted by Crippen LogP contribution is -2.31. The molecule has 0 bridgehead atoms. The molecule has 3 N–H and O–H groups in total. The van der Waals surface area contributed by atoms with Crippen molar-refractivity contribution in [3.05, 3.63) is 29.0 Å². The molecular formula is C16H21ClN4O. The van der Waals surface area contributed by atoms with Crippen LogP contribution in [-0.4, -0.2) is 35.0 Å². The highest BCUT2D eigenvalue weighted by atomic mass is 35.5. The van der Waals surface area contributed by atoms with E-state index in [0.717, 1.165) is 60.7 Å². The molecule has 5 nitrogen and oxygen atoms in total. The molecule has 1 amide bonds. The van der Waals surface area contributed by atoms with Crippen molar-refractivity contribution in [3.63, 3.8) is 0 Å². The fraction of sp³-hybridized carbons (Fsp3) is 0.500. The van der Waals surface area contributed by atoms with Crippen molar-refractivity contribution in [1.29, 1.82) is 0 Å². The number of rotatable bonds is 5. The first-order valence-corrected chi connectivity index (χ1v) is 8.23. The lowest BCUT2D eigenvalue weighted by Gasteiger charge is -2.14. The molecule has 1 aliphatic rings. The Hall–Kier alpha value is -1.59. The van der Waals surface area contributed by atoms with Gasteiger partial charge in [-0.15, -0.1) is 0 Å². The first kappa shape index (κ1) is 15.3. The molecule has 1 aromatic carbocycles. The van der Waals surface area contributed by atoms with Gasteiger partial charge in [0, 0.05) is 30.5 Å². The summed E-state index contributed by atoms with van der Waals surface area (Å²) >= 11 is 5.98. The number of hydrogen-bond donors (Lipinski definition) is 3. The van der Waals surface area contributed by atoms with E-state index < -0.39 is 0 Å². The Labute approximate surface area is 134 Å². The molecule has 1 aliphatic heterocycles. The van der Waals surface area contributed by atoms with Crippen LogP contribution in [0.5, 0.6) is 0 Å². The van der Waals surface area contributed by atoms with Crippen LogP contribution in [0.1, 0.15) is 31.5 Å². The van der Waals surface area contributed by atoms with Gasteiger partial charge in [0.1, 0.15) is 5.82 Å². The van der Waals surface area contributed by atoms with Crippen LogP contribution in [0.25, 0.3) is 11.0 Å². The highest BCUT2D eigenvalue weighted by Gasteiger charge is 2.14. The Morgan fingerprint density at radius 3 is 3.18 bits per heavy atom. The molecule has 1 fully saturated rings. The van der Waals surface area contributed by atoms with Crippen molar-refractivity contribution in [3.8, 4) is 0 Å². The van der Waals surface area contributed by atoms with Crippen LogP contribution in [-0.2, 0) is 11.2 Å². The second kappa shape index (κ2) is 7.11. The summed E-state index contributed by atoms with van der Waals surface area (Å²) in [4.78, 5) is 19.2. The molecule has 1 saturated heterocycles. The Bertz CT molecular complexity index is 655. The summed E-state index contributed by atoms with van der Waals surface area (Å²) in [7, 11) is 0. The molecular weight excluding hydrogens is 300 g/mol. The normalized spacial score (nSPS) is 19.1. The number of nitrogens with one attached hydrogen (secondary N) is 3. The van der Waals surface area contributed by atoms with Gasteiger partial charge >= 0.3 is 0 Å². The van der Waals surface area contributed by atoms with Gasteiger partial charge in [-0.1, -0.05) is 11.6 Å². The maximum absolute atomic E-state index is 11.3. The fourth-order valence-electron chi connectivity index (χ4n) is 2.84. The van der Waals surface area contributed by atoms with E-state index in [1.807, 2.05) is 18.2 Å². The maximum Gasteiger partial charge on any atom is 0.220 e. The van der Waals surface area contributed by atoms with E-state index in [1.54, 1.807) is 0 Å². The highest BCUT2D eigenvalue weighted by Crippen LogP contribution is 2.17. The van der Waals surface area contributed by atoms with E-state index in [4.69, 9.17) is 11.6 Å². The number of imidazole rings is 1. The molecule has 22 heavy (non-hydrogen) atoms. The Balaban J connectivity index is 1.45. The number of hydrogen-bond acceptors (Lipinski definition) is 3. The van der Waals surface area contributed by atoms with Gasteiger partial charge in [-0.05, 0) is 44.0 Å². The minimum absolute atomic E-state index is 0.172. The lowest BCUT2D eigenvalue weighted by atomic mass is 10.1. The molecule has 0 saturated carbocycles. The van der Waals surface area contributed by atoms with Gasteiger partial charge in [-0.25, -0.2) is 4.98 Å². The zero-order valence-electron chi connectivity index (χ0n) is 12.5. The van der Waals surface area contributed by atoms with Crippen molar-refractivity contribution >= 4 is 28.5 Å². The number of nitrogens with zero attached hydrogens (tertiary/aromatic N) is 1. The summed E-state index contributed by atoms with van der Waals surface area (Å²) in [6.07, 6.45) is 4.49. The number of aryl methyl sites for hydroxylation is 1. The van der Waals surface area contributed by atoms with E-state index in [0.29, 0.717) is 12.5 Å². The van der Waals surface area contributed by atoms with Gasteiger partial charge in [0.15, 0.2) is 0 Å². The van der Waals surface area contributed by atoms with Crippen molar-refractivity contribution in [1.82, 2.24) is 20.6 Å². The smallest absolute Gasteiger partial charge is 0.220 e. The van der Waals surface area contributed by atoms with E-state index in [1.165, 1.54) is 0 Å². The van der Waals surface area contributed by atoms with Crippen molar-refractivity contribution in [2.24, 2.45) is 0 Å². The van der Waals surface area contributed by atoms with Crippen molar-refractivity contribution in [2.45, 2.75) is 38.1 Å². The van der Waals surface area contributed by atoms with Gasteiger partial charge in [-0.2, -0.15) is 0 Å². The number of carbonyl (C=O) groups excluding carboxylic acids is 1. The molecule has 2 heterocycles. The average molecular weight is 321 g/mol. The standard InChI is InChI=1S/C16H21ClN4O/c17-11-3-5-13-14(10-11)21-15(20-13)2-1-8-18-12-4-6-16(22)19-9-7-12/h3,5,10,12,18H,1-2,4,6-9H2,(H,19,22)(H,20,21). The number of benzene rings is 1. The molecule has 3 rings (SSSR count). The molecule has 6 heteroatoms. The van der Waals surface area contributed by atoms with E-state index in [9.17, 15) is 4.79 Å². The topological polar surface area (TPSA) is 69.8 Å². The van der Waals surface area contributed by atoms with Crippen LogP contribution in [0.4, 0.5) is 0 Å². The third-order valence-electron chi connectivity index (χ3n) is 4.05. The molecule has 0 spiro atoms. The Morgan fingerprint density at radius 1 is 1.36 bits per heavy atom. The Morgan fingerprint density at radius 2 is 2.27 bits per heavy atom. The summed E-state index contributed by atoms with van der Waals surface area (Å²) in [5.74, 6) is 1.17. The zero-order chi connectivity index (χ0) is 15.4. The molecule has 0 aliphatic carbocycles. The first-order chi connectivity index (χ1) is 10.7. The molecule has 1 aromatic heterocycles. The quantitative estimate of drug-likeness (QED) is 0.741. The lowest BCUT2D eigenvalue weighted by molar-refractivity contribution is -0.120. The average Bonchev–Trinajstić information content (AvgIpc) is 2.78. The van der Waals surface area contributed by atoms with E-state index in [2.05, 4.69) is 20.6 Å². The van der Waals surface area contributed by atoms with E-state index in [-0.39, 0.29) is 5.91 Å². The van der Waals surface area contributed by atoms with Crippen LogP contribution in [0.15, 0.2) is 18.2 Å². The van der Waals surface area contributed by atoms with Gasteiger partial charge < -0.3 is 15.6 Å². The predicted molar refractivity (Wildman–Crippen MR) is 88.1 cm³/mol. The maximum atomic E-state index is 11.3. The summed E-state index contributed by atoms with van der Waals surface area (Å²) in [6.45, 7) is 1.72. The second-order valence-electron chi connectivity index (χ2n) is 5.78. The van der Waals surface area contributed by atoms with Crippen LogP contribution in [0.3, 0.4) is 0 Å². The number of halogens is 1. The Kier molecular flexibility index (Phi) is 4.95. The largest absolute Gasteiger partial charge is 0.356 e. The molecule has 0 radical (unpaired) electrons. The van der Waals surface area contributed by atoms with Gasteiger partial charge in [0.05, 0.1) is 11.0 Å². The molecule has 118 valence electrons.